The lowest BCUT2D eigenvalue weighted by Crippen LogP contribution is -2.18. The fourth-order valence-corrected chi connectivity index (χ4v) is 4.56. The van der Waals surface area contributed by atoms with E-state index in [4.69, 9.17) is 9.15 Å². The minimum Gasteiger partial charge on any atom is -0.441 e. The third-order valence-corrected chi connectivity index (χ3v) is 6.31. The number of aryl methyl sites for hydroxylation is 1. The molecule has 8 nitrogen and oxygen atoms in total. The molecule has 0 unspecified atom stereocenters. The molecule has 0 aliphatic carbocycles. The zero-order valence-electron chi connectivity index (χ0n) is 18.0. The van der Waals surface area contributed by atoms with E-state index in [2.05, 4.69) is 20.5 Å². The maximum absolute atomic E-state index is 13.4. The number of amides is 1. The first-order chi connectivity index (χ1) is 16.0. The molecule has 2 aromatic carbocycles. The van der Waals surface area contributed by atoms with Crippen molar-refractivity contribution in [1.82, 2.24) is 19.7 Å². The Hall–Kier alpha value is -3.24. The van der Waals surface area contributed by atoms with Crippen LogP contribution < -0.4 is 5.32 Å². The molecule has 1 fully saturated rings. The average molecular weight is 468 g/mol. The minimum atomic E-state index is -0.311. The molecule has 0 bridgehead atoms. The van der Waals surface area contributed by atoms with E-state index in [0.717, 1.165) is 25.0 Å². The summed E-state index contributed by atoms with van der Waals surface area (Å²) < 4.78 is 26.6. The number of carbonyl (C=O) groups excluding carboxylic acids is 1. The number of carbonyl (C=O) groups is 1. The molecular formula is C23H22FN5O3S. The lowest BCUT2D eigenvalue weighted by atomic mass is 10.2. The molecule has 0 saturated carbocycles. The fraction of sp³-hybridized carbons (Fsp3) is 0.304. The second kappa shape index (κ2) is 9.32. The predicted molar refractivity (Wildman–Crippen MR) is 122 cm³/mol. The molecule has 170 valence electrons. The van der Waals surface area contributed by atoms with Crippen LogP contribution in [-0.2, 0) is 16.1 Å². The highest BCUT2D eigenvalue weighted by molar-refractivity contribution is 7.99. The van der Waals surface area contributed by atoms with Gasteiger partial charge in [0, 0.05) is 24.8 Å². The molecule has 33 heavy (non-hydrogen) atoms. The van der Waals surface area contributed by atoms with Gasteiger partial charge in [0.25, 0.3) is 0 Å². The Morgan fingerprint density at radius 1 is 1.24 bits per heavy atom. The normalized spacial score (nSPS) is 15.9. The van der Waals surface area contributed by atoms with Crippen molar-refractivity contribution in [2.75, 3.05) is 17.7 Å². The zero-order chi connectivity index (χ0) is 22.8. The molecule has 4 aromatic rings. The van der Waals surface area contributed by atoms with Gasteiger partial charge in [0.05, 0.1) is 18.4 Å². The summed E-state index contributed by atoms with van der Waals surface area (Å²) in [4.78, 5) is 16.9. The molecule has 2 aromatic heterocycles. The summed E-state index contributed by atoms with van der Waals surface area (Å²) in [6.07, 6.45) is 2.03. The molecule has 0 radical (unpaired) electrons. The van der Waals surface area contributed by atoms with Crippen molar-refractivity contribution < 1.29 is 18.3 Å². The quantitative estimate of drug-likeness (QED) is 0.401. The number of benzene rings is 2. The monoisotopic (exact) mass is 467 g/mol. The second-order valence-electron chi connectivity index (χ2n) is 7.81. The van der Waals surface area contributed by atoms with Crippen LogP contribution in [0.25, 0.3) is 22.5 Å². The van der Waals surface area contributed by atoms with Gasteiger partial charge in [-0.2, -0.15) is 0 Å². The molecule has 1 aliphatic rings. The van der Waals surface area contributed by atoms with Crippen molar-refractivity contribution in [2.24, 2.45) is 0 Å². The summed E-state index contributed by atoms with van der Waals surface area (Å²) in [7, 11) is 0. The topological polar surface area (TPSA) is 95.1 Å². The summed E-state index contributed by atoms with van der Waals surface area (Å²) in [6.45, 7) is 3.09. The number of oxazole rings is 1. The maximum atomic E-state index is 13.4. The lowest BCUT2D eigenvalue weighted by molar-refractivity contribution is -0.113. The molecular weight excluding hydrogens is 445 g/mol. The number of nitrogens with zero attached hydrogens (tertiary/aromatic N) is 4. The molecule has 1 atom stereocenters. The van der Waals surface area contributed by atoms with Crippen LogP contribution in [0.15, 0.2) is 52.0 Å². The van der Waals surface area contributed by atoms with Crippen molar-refractivity contribution in [3.05, 3.63) is 54.2 Å². The molecule has 3 heterocycles. The second-order valence-corrected chi connectivity index (χ2v) is 8.75. The highest BCUT2D eigenvalue weighted by Gasteiger charge is 2.22. The number of nitrogens with one attached hydrogen (secondary N) is 1. The van der Waals surface area contributed by atoms with Crippen LogP contribution in [-0.4, -0.2) is 44.1 Å². The largest absolute Gasteiger partial charge is 0.441 e. The number of rotatable bonds is 7. The van der Waals surface area contributed by atoms with E-state index < -0.39 is 0 Å². The van der Waals surface area contributed by atoms with E-state index in [0.29, 0.717) is 40.2 Å². The average Bonchev–Trinajstić information content (AvgIpc) is 3.53. The van der Waals surface area contributed by atoms with Crippen LogP contribution in [0, 0.1) is 12.7 Å². The summed E-state index contributed by atoms with van der Waals surface area (Å²) >= 11 is 1.30. The van der Waals surface area contributed by atoms with Gasteiger partial charge < -0.3 is 14.5 Å². The highest BCUT2D eigenvalue weighted by atomic mass is 32.2. The number of ether oxygens (including phenoxy) is 1. The van der Waals surface area contributed by atoms with Crippen LogP contribution in [0.4, 0.5) is 10.1 Å². The first kappa shape index (κ1) is 21.6. The third-order valence-electron chi connectivity index (χ3n) is 5.34. The van der Waals surface area contributed by atoms with E-state index in [1.165, 1.54) is 23.9 Å². The fourth-order valence-electron chi connectivity index (χ4n) is 3.81. The van der Waals surface area contributed by atoms with Crippen LogP contribution in [0.1, 0.15) is 18.7 Å². The van der Waals surface area contributed by atoms with Gasteiger partial charge in [0.15, 0.2) is 22.5 Å². The van der Waals surface area contributed by atoms with Gasteiger partial charge in [0.1, 0.15) is 11.3 Å². The van der Waals surface area contributed by atoms with Gasteiger partial charge in [0.2, 0.25) is 5.91 Å². The SMILES string of the molecule is Cc1nc2cc(NC(=O)CSc3nnc(-c4ccc(F)cc4)n3C[C@H]3CCCO3)ccc2o1. The smallest absolute Gasteiger partial charge is 0.234 e. The molecule has 10 heteroatoms. The van der Waals surface area contributed by atoms with Crippen LogP contribution >= 0.6 is 11.8 Å². The van der Waals surface area contributed by atoms with E-state index in [1.54, 1.807) is 37.3 Å². The molecule has 1 aliphatic heterocycles. The van der Waals surface area contributed by atoms with Crippen LogP contribution in [0.3, 0.4) is 0 Å². The number of fused-ring (bicyclic) bond motifs is 1. The van der Waals surface area contributed by atoms with E-state index >= 15 is 0 Å². The Labute approximate surface area is 193 Å². The van der Waals surface area contributed by atoms with E-state index in [9.17, 15) is 9.18 Å². The summed E-state index contributed by atoms with van der Waals surface area (Å²) in [5.41, 5.74) is 2.78. The predicted octanol–water partition coefficient (Wildman–Crippen LogP) is 4.44. The standard InChI is InChI=1S/C23H22FN5O3S/c1-14-25-19-11-17(8-9-20(19)32-14)26-21(30)13-33-23-28-27-22(15-4-6-16(24)7-5-15)29(23)12-18-3-2-10-31-18/h4-9,11,18H,2-3,10,12-13H2,1H3,(H,26,30)/t18-/m1/s1. The van der Waals surface area contributed by atoms with Gasteiger partial charge in [-0.15, -0.1) is 10.2 Å². The van der Waals surface area contributed by atoms with Crippen LogP contribution in [0.5, 0.6) is 0 Å². The lowest BCUT2D eigenvalue weighted by Gasteiger charge is -2.14. The van der Waals surface area contributed by atoms with Gasteiger partial charge in [-0.3, -0.25) is 9.36 Å². The molecule has 0 spiro atoms. The van der Waals surface area contributed by atoms with E-state index in [-0.39, 0.29) is 23.6 Å². The van der Waals surface area contributed by atoms with Crippen molar-refractivity contribution in [3.63, 3.8) is 0 Å². The Morgan fingerprint density at radius 3 is 2.88 bits per heavy atom. The Morgan fingerprint density at radius 2 is 2.09 bits per heavy atom. The van der Waals surface area contributed by atoms with E-state index in [1.807, 2.05) is 4.57 Å². The summed E-state index contributed by atoms with van der Waals surface area (Å²) in [5, 5.41) is 12.1. The number of anilines is 1. The molecule has 1 N–H and O–H groups in total. The molecule has 1 amide bonds. The number of aromatic nitrogens is 4. The maximum Gasteiger partial charge on any atom is 0.234 e. The first-order valence-electron chi connectivity index (χ1n) is 10.7. The number of hydrogen-bond acceptors (Lipinski definition) is 7. The Balaban J connectivity index is 1.31. The number of halogens is 1. The van der Waals surface area contributed by atoms with Crippen molar-refractivity contribution in [3.8, 4) is 11.4 Å². The Bertz CT molecular complexity index is 1280. The van der Waals surface area contributed by atoms with Crippen molar-refractivity contribution >= 4 is 34.5 Å². The molecule has 1 saturated heterocycles. The summed E-state index contributed by atoms with van der Waals surface area (Å²) in [6, 6.07) is 11.5. The van der Waals surface area contributed by atoms with Gasteiger partial charge in [-0.05, 0) is 55.3 Å². The zero-order valence-corrected chi connectivity index (χ0v) is 18.8. The Kier molecular flexibility index (Phi) is 6.10. The first-order valence-corrected chi connectivity index (χ1v) is 11.6. The van der Waals surface area contributed by atoms with Gasteiger partial charge in [-0.25, -0.2) is 9.37 Å². The third kappa shape index (κ3) is 4.91. The summed E-state index contributed by atoms with van der Waals surface area (Å²) in [5.74, 6) is 0.874. The number of thioether (sulfide) groups is 1. The van der Waals surface area contributed by atoms with Crippen LogP contribution in [0.2, 0.25) is 0 Å². The van der Waals surface area contributed by atoms with Gasteiger partial charge >= 0.3 is 0 Å². The van der Waals surface area contributed by atoms with Gasteiger partial charge in [-0.1, -0.05) is 11.8 Å². The molecule has 5 rings (SSSR count). The minimum absolute atomic E-state index is 0.0611. The number of hydrogen-bond donors (Lipinski definition) is 1. The van der Waals surface area contributed by atoms with Crippen molar-refractivity contribution in [2.45, 2.75) is 37.6 Å². The highest BCUT2D eigenvalue weighted by Crippen LogP contribution is 2.27. The van der Waals surface area contributed by atoms with Crippen molar-refractivity contribution in [1.29, 1.82) is 0 Å².